The Kier molecular flexibility index (Phi) is 5.14. The lowest BCUT2D eigenvalue weighted by atomic mass is 10.1. The number of halogens is 2. The molecular weight excluding hydrogens is 330 g/mol. The molecule has 1 aliphatic carbocycles. The van der Waals surface area contributed by atoms with Gasteiger partial charge in [0, 0.05) is 12.5 Å². The normalized spacial score (nSPS) is 18.5. The minimum absolute atomic E-state index is 0.0995. The van der Waals surface area contributed by atoms with Crippen molar-refractivity contribution in [1.29, 1.82) is 0 Å². The first-order valence-corrected chi connectivity index (χ1v) is 7.92. The van der Waals surface area contributed by atoms with Gasteiger partial charge in [0.15, 0.2) is 11.6 Å². The lowest BCUT2D eigenvalue weighted by Crippen LogP contribution is -2.42. The molecule has 0 aliphatic heterocycles. The molecule has 2 amide bonds. The highest BCUT2D eigenvalue weighted by Crippen LogP contribution is 2.30. The quantitative estimate of drug-likeness (QED) is 0.726. The summed E-state index contributed by atoms with van der Waals surface area (Å²) in [5.41, 5.74) is 1.92. The third-order valence-electron chi connectivity index (χ3n) is 4.04. The van der Waals surface area contributed by atoms with Gasteiger partial charge in [-0.3, -0.25) is 0 Å². The van der Waals surface area contributed by atoms with Gasteiger partial charge in [-0.2, -0.15) is 0 Å². The minimum atomic E-state index is -0.989. The lowest BCUT2D eigenvalue weighted by molar-refractivity contribution is 0.142. The first-order valence-electron chi connectivity index (χ1n) is 7.92. The third kappa shape index (κ3) is 4.06. The fourth-order valence-corrected chi connectivity index (χ4v) is 2.84. The maximum Gasteiger partial charge on any atom is 0.315 e. The van der Waals surface area contributed by atoms with Crippen LogP contribution in [0.5, 0.6) is 5.75 Å². The molecule has 2 aromatic carbocycles. The number of benzene rings is 2. The summed E-state index contributed by atoms with van der Waals surface area (Å²) in [6, 6.07) is 9.90. The smallest absolute Gasteiger partial charge is 0.315 e. The first kappa shape index (κ1) is 17.2. The van der Waals surface area contributed by atoms with Crippen LogP contribution in [0, 0.1) is 11.6 Å². The van der Waals surface area contributed by atoms with Crippen LogP contribution < -0.4 is 15.4 Å². The molecule has 3 N–H and O–H groups in total. The Morgan fingerprint density at radius 3 is 2.80 bits per heavy atom. The average Bonchev–Trinajstić information content (AvgIpc) is 2.90. The van der Waals surface area contributed by atoms with Gasteiger partial charge in [0.1, 0.15) is 12.4 Å². The Hall–Kier alpha value is -2.67. The van der Waals surface area contributed by atoms with Crippen LogP contribution in [0.2, 0.25) is 0 Å². The summed E-state index contributed by atoms with van der Waals surface area (Å²) in [5, 5.41) is 15.4. The van der Waals surface area contributed by atoms with Gasteiger partial charge in [-0.25, -0.2) is 13.6 Å². The first-order chi connectivity index (χ1) is 12.0. The van der Waals surface area contributed by atoms with E-state index in [1.807, 2.05) is 24.3 Å². The van der Waals surface area contributed by atoms with Gasteiger partial charge < -0.3 is 20.5 Å². The van der Waals surface area contributed by atoms with Gasteiger partial charge in [-0.1, -0.05) is 24.3 Å². The van der Waals surface area contributed by atoms with E-state index in [1.54, 1.807) is 0 Å². The molecule has 7 heteroatoms. The van der Waals surface area contributed by atoms with Crippen molar-refractivity contribution in [3.05, 3.63) is 65.2 Å². The number of carbonyl (C=O) groups is 1. The van der Waals surface area contributed by atoms with Crippen LogP contribution in [-0.4, -0.2) is 30.4 Å². The standard InChI is InChI=1S/C18H18F2N2O3/c19-14-6-5-12(10-15(14)20)25-8-7-21-18(24)22-17-13-4-2-1-3-11(13)9-16(17)23/h1-6,10,16-17,23H,7-9H2,(H2,21,22,24)/t16-,17+/m0/s1. The van der Waals surface area contributed by atoms with Crippen LogP contribution in [0.1, 0.15) is 17.2 Å². The molecule has 1 aliphatic rings. The highest BCUT2D eigenvalue weighted by Gasteiger charge is 2.31. The third-order valence-corrected chi connectivity index (χ3v) is 4.04. The molecule has 0 saturated heterocycles. The molecule has 3 rings (SSSR count). The number of ether oxygens (including phenoxy) is 1. The van der Waals surface area contributed by atoms with E-state index in [-0.39, 0.29) is 18.9 Å². The Bertz CT molecular complexity index is 770. The van der Waals surface area contributed by atoms with Crippen LogP contribution in [-0.2, 0) is 6.42 Å². The summed E-state index contributed by atoms with van der Waals surface area (Å²) < 4.78 is 31.1. The number of hydrogen-bond donors (Lipinski definition) is 3. The Balaban J connectivity index is 1.45. The Morgan fingerprint density at radius 2 is 2.00 bits per heavy atom. The molecular formula is C18H18F2N2O3. The van der Waals surface area contributed by atoms with Crippen molar-refractivity contribution in [2.45, 2.75) is 18.6 Å². The molecule has 0 heterocycles. The Morgan fingerprint density at radius 1 is 1.20 bits per heavy atom. The number of aliphatic hydroxyl groups excluding tert-OH is 1. The molecule has 2 atom stereocenters. The van der Waals surface area contributed by atoms with Gasteiger partial charge in [-0.15, -0.1) is 0 Å². The van der Waals surface area contributed by atoms with Crippen molar-refractivity contribution in [2.24, 2.45) is 0 Å². The molecule has 0 radical (unpaired) electrons. The maximum atomic E-state index is 13.0. The van der Waals surface area contributed by atoms with Gasteiger partial charge in [0.25, 0.3) is 0 Å². The van der Waals surface area contributed by atoms with Crippen molar-refractivity contribution in [3.8, 4) is 5.75 Å². The molecule has 0 saturated carbocycles. The summed E-state index contributed by atoms with van der Waals surface area (Å²) in [5.74, 6) is -1.75. The van der Waals surface area contributed by atoms with Gasteiger partial charge >= 0.3 is 6.03 Å². The van der Waals surface area contributed by atoms with E-state index in [2.05, 4.69) is 10.6 Å². The number of rotatable bonds is 5. The van der Waals surface area contributed by atoms with E-state index in [0.29, 0.717) is 6.42 Å². The van der Waals surface area contributed by atoms with E-state index in [1.165, 1.54) is 6.07 Å². The van der Waals surface area contributed by atoms with Gasteiger partial charge in [0.05, 0.1) is 18.7 Å². The molecule has 0 spiro atoms. The predicted octanol–water partition coefficient (Wildman–Crippen LogP) is 2.30. The monoisotopic (exact) mass is 348 g/mol. The van der Waals surface area contributed by atoms with E-state index in [4.69, 9.17) is 4.74 Å². The SMILES string of the molecule is O=C(NCCOc1ccc(F)c(F)c1)N[C@@H]1c2ccccc2C[C@@H]1O. The zero-order chi connectivity index (χ0) is 17.8. The van der Waals surface area contributed by atoms with Crippen molar-refractivity contribution < 1.29 is 23.4 Å². The second-order valence-electron chi connectivity index (χ2n) is 5.77. The summed E-state index contributed by atoms with van der Waals surface area (Å²) in [6.07, 6.45) is -0.165. The Labute approximate surface area is 143 Å². The highest BCUT2D eigenvalue weighted by atomic mass is 19.2. The molecule has 25 heavy (non-hydrogen) atoms. The van der Waals surface area contributed by atoms with Crippen LogP contribution in [0.3, 0.4) is 0 Å². The fraction of sp³-hybridized carbons (Fsp3) is 0.278. The van der Waals surface area contributed by atoms with Crippen LogP contribution in [0.25, 0.3) is 0 Å². The zero-order valence-corrected chi connectivity index (χ0v) is 13.3. The number of hydrogen-bond acceptors (Lipinski definition) is 3. The minimum Gasteiger partial charge on any atom is -0.492 e. The number of carbonyl (C=O) groups excluding carboxylic acids is 1. The van der Waals surface area contributed by atoms with E-state index in [0.717, 1.165) is 23.3 Å². The summed E-state index contributed by atoms with van der Waals surface area (Å²) >= 11 is 0. The number of amides is 2. The van der Waals surface area contributed by atoms with Crippen LogP contribution >= 0.6 is 0 Å². The van der Waals surface area contributed by atoms with Crippen molar-refractivity contribution in [1.82, 2.24) is 10.6 Å². The molecule has 0 unspecified atom stereocenters. The number of urea groups is 1. The van der Waals surface area contributed by atoms with Gasteiger partial charge in [-0.05, 0) is 23.3 Å². The van der Waals surface area contributed by atoms with Gasteiger partial charge in [0.2, 0.25) is 0 Å². The zero-order valence-electron chi connectivity index (χ0n) is 13.3. The average molecular weight is 348 g/mol. The molecule has 0 fully saturated rings. The maximum absolute atomic E-state index is 13.0. The van der Waals surface area contributed by atoms with E-state index < -0.39 is 29.8 Å². The lowest BCUT2D eigenvalue weighted by Gasteiger charge is -2.18. The highest BCUT2D eigenvalue weighted by molar-refractivity contribution is 5.74. The van der Waals surface area contributed by atoms with Crippen molar-refractivity contribution in [2.75, 3.05) is 13.2 Å². The second kappa shape index (κ2) is 7.48. The summed E-state index contributed by atoms with van der Waals surface area (Å²) in [4.78, 5) is 12.0. The summed E-state index contributed by atoms with van der Waals surface area (Å²) in [7, 11) is 0. The number of nitrogens with one attached hydrogen (secondary N) is 2. The molecule has 2 aromatic rings. The second-order valence-corrected chi connectivity index (χ2v) is 5.77. The molecule has 5 nitrogen and oxygen atoms in total. The summed E-state index contributed by atoms with van der Waals surface area (Å²) in [6.45, 7) is 0.275. The van der Waals surface area contributed by atoms with Crippen LogP contribution in [0.4, 0.5) is 13.6 Å². The van der Waals surface area contributed by atoms with Crippen LogP contribution in [0.15, 0.2) is 42.5 Å². The number of aliphatic hydroxyl groups is 1. The largest absolute Gasteiger partial charge is 0.492 e. The van der Waals surface area contributed by atoms with Crippen molar-refractivity contribution in [3.63, 3.8) is 0 Å². The fourth-order valence-electron chi connectivity index (χ4n) is 2.84. The molecule has 132 valence electrons. The van der Waals surface area contributed by atoms with E-state index >= 15 is 0 Å². The van der Waals surface area contributed by atoms with E-state index in [9.17, 15) is 18.7 Å². The van der Waals surface area contributed by atoms with Crippen molar-refractivity contribution >= 4 is 6.03 Å². The predicted molar refractivity (Wildman–Crippen MR) is 87.3 cm³/mol. The number of fused-ring (bicyclic) bond motifs is 1. The molecule has 0 aromatic heterocycles. The topological polar surface area (TPSA) is 70.6 Å². The molecule has 0 bridgehead atoms.